The maximum absolute atomic E-state index is 11.4. The monoisotopic (exact) mass is 298 g/mol. The van der Waals surface area contributed by atoms with E-state index < -0.39 is 10.1 Å². The van der Waals surface area contributed by atoms with Crippen LogP contribution in [0.15, 0.2) is 23.1 Å². The van der Waals surface area contributed by atoms with Gasteiger partial charge in [0, 0.05) is 0 Å². The number of hydrogen-bond donors (Lipinski definition) is 1. The van der Waals surface area contributed by atoms with Crippen LogP contribution in [0.3, 0.4) is 0 Å². The molecule has 0 aliphatic carbocycles. The summed E-state index contributed by atoms with van der Waals surface area (Å²) in [7, 11) is -4.11. The van der Waals surface area contributed by atoms with E-state index in [1.165, 1.54) is 38.2 Å². The highest BCUT2D eigenvalue weighted by molar-refractivity contribution is 7.85. The summed E-state index contributed by atoms with van der Waals surface area (Å²) in [5, 5.41) is 0. The molecule has 0 bridgehead atoms. The van der Waals surface area contributed by atoms with Crippen molar-refractivity contribution in [2.45, 2.75) is 70.1 Å². The Morgan fingerprint density at radius 2 is 1.60 bits per heavy atom. The van der Waals surface area contributed by atoms with Crippen molar-refractivity contribution in [3.63, 3.8) is 0 Å². The van der Waals surface area contributed by atoms with Crippen LogP contribution in [-0.2, 0) is 16.5 Å². The fourth-order valence-electron chi connectivity index (χ4n) is 2.50. The smallest absolute Gasteiger partial charge is 0.282 e. The van der Waals surface area contributed by atoms with Crippen LogP contribution in [0.4, 0.5) is 0 Å². The third-order valence-corrected chi connectivity index (χ3v) is 4.61. The van der Waals surface area contributed by atoms with Gasteiger partial charge in [0.05, 0.1) is 4.90 Å². The van der Waals surface area contributed by atoms with Crippen LogP contribution < -0.4 is 0 Å². The first kappa shape index (κ1) is 17.2. The van der Waals surface area contributed by atoms with Gasteiger partial charge in [-0.3, -0.25) is 4.55 Å². The fraction of sp³-hybridized carbons (Fsp3) is 0.625. The molecule has 0 aliphatic rings. The van der Waals surface area contributed by atoms with E-state index in [1.807, 2.05) is 13.0 Å². The van der Waals surface area contributed by atoms with Crippen molar-refractivity contribution in [3.8, 4) is 0 Å². The van der Waals surface area contributed by atoms with Crippen molar-refractivity contribution in [2.75, 3.05) is 0 Å². The number of rotatable bonds is 9. The summed E-state index contributed by atoms with van der Waals surface area (Å²) in [6.07, 6.45) is 9.10. The molecule has 0 unspecified atom stereocenters. The molecule has 0 fully saturated rings. The molecule has 0 aliphatic heterocycles. The molecule has 1 N–H and O–H groups in total. The van der Waals surface area contributed by atoms with E-state index in [0.29, 0.717) is 0 Å². The Balaban J connectivity index is 2.52. The van der Waals surface area contributed by atoms with Crippen molar-refractivity contribution >= 4 is 10.1 Å². The maximum atomic E-state index is 11.4. The average molecular weight is 298 g/mol. The number of aryl methyl sites for hydroxylation is 1. The van der Waals surface area contributed by atoms with E-state index in [4.69, 9.17) is 0 Å². The van der Waals surface area contributed by atoms with Gasteiger partial charge in [-0.15, -0.1) is 0 Å². The summed E-state index contributed by atoms with van der Waals surface area (Å²) in [5.74, 6) is 0. The summed E-state index contributed by atoms with van der Waals surface area (Å²) >= 11 is 0. The van der Waals surface area contributed by atoms with E-state index in [2.05, 4.69) is 6.92 Å². The van der Waals surface area contributed by atoms with Gasteiger partial charge in [-0.05, 0) is 37.0 Å². The molecular weight excluding hydrogens is 272 g/mol. The van der Waals surface area contributed by atoms with Gasteiger partial charge < -0.3 is 0 Å². The first-order valence-electron chi connectivity index (χ1n) is 7.52. The molecule has 0 aromatic heterocycles. The third kappa shape index (κ3) is 5.63. The van der Waals surface area contributed by atoms with Crippen molar-refractivity contribution in [1.82, 2.24) is 0 Å². The molecule has 0 spiro atoms. The van der Waals surface area contributed by atoms with Gasteiger partial charge >= 0.3 is 0 Å². The number of benzene rings is 1. The predicted octanol–water partition coefficient (Wildman–Crippen LogP) is 4.53. The lowest BCUT2D eigenvalue weighted by Gasteiger charge is -2.10. The molecule has 0 saturated carbocycles. The van der Waals surface area contributed by atoms with E-state index in [0.717, 1.165) is 30.4 Å². The molecule has 0 heterocycles. The van der Waals surface area contributed by atoms with Crippen LogP contribution >= 0.6 is 0 Å². The molecule has 0 radical (unpaired) electrons. The Morgan fingerprint density at radius 1 is 1.00 bits per heavy atom. The van der Waals surface area contributed by atoms with Crippen LogP contribution in [0.1, 0.15) is 63.0 Å². The quantitative estimate of drug-likeness (QED) is 0.538. The van der Waals surface area contributed by atoms with Gasteiger partial charge in [-0.1, -0.05) is 57.6 Å². The second-order valence-electron chi connectivity index (χ2n) is 5.40. The highest BCUT2D eigenvalue weighted by atomic mass is 32.2. The minimum absolute atomic E-state index is 0.0727. The molecule has 0 saturated heterocycles. The van der Waals surface area contributed by atoms with E-state index in [-0.39, 0.29) is 4.90 Å². The Hall–Kier alpha value is -0.870. The number of hydrogen-bond acceptors (Lipinski definition) is 2. The van der Waals surface area contributed by atoms with Crippen LogP contribution in [0, 0.1) is 6.92 Å². The normalized spacial score (nSPS) is 11.8. The topological polar surface area (TPSA) is 54.4 Å². The van der Waals surface area contributed by atoms with Gasteiger partial charge in [0.25, 0.3) is 10.1 Å². The van der Waals surface area contributed by atoms with Crippen molar-refractivity contribution < 1.29 is 13.0 Å². The lowest BCUT2D eigenvalue weighted by molar-refractivity contribution is 0.481. The van der Waals surface area contributed by atoms with Crippen LogP contribution in [0.2, 0.25) is 0 Å². The predicted molar refractivity (Wildman–Crippen MR) is 82.7 cm³/mol. The highest BCUT2D eigenvalue weighted by Gasteiger charge is 2.16. The SMILES string of the molecule is CCCCCCCCCc1c(C)cccc1S(=O)(=O)O. The minimum atomic E-state index is -4.11. The van der Waals surface area contributed by atoms with Gasteiger partial charge in [0.1, 0.15) is 0 Å². The minimum Gasteiger partial charge on any atom is -0.282 e. The van der Waals surface area contributed by atoms with Gasteiger partial charge in [0.15, 0.2) is 0 Å². The van der Waals surface area contributed by atoms with Crippen molar-refractivity contribution in [3.05, 3.63) is 29.3 Å². The summed E-state index contributed by atoms with van der Waals surface area (Å²) in [5.41, 5.74) is 1.70. The maximum Gasteiger partial charge on any atom is 0.294 e. The van der Waals surface area contributed by atoms with E-state index >= 15 is 0 Å². The van der Waals surface area contributed by atoms with Crippen LogP contribution in [0.5, 0.6) is 0 Å². The molecular formula is C16H26O3S. The summed E-state index contributed by atoms with van der Waals surface area (Å²) in [6, 6.07) is 5.05. The van der Waals surface area contributed by atoms with E-state index in [1.54, 1.807) is 6.07 Å². The second-order valence-corrected chi connectivity index (χ2v) is 6.79. The molecule has 0 amide bonds. The second kappa shape index (κ2) is 8.42. The highest BCUT2D eigenvalue weighted by Crippen LogP contribution is 2.22. The molecule has 3 nitrogen and oxygen atoms in total. The lowest BCUT2D eigenvalue weighted by Crippen LogP contribution is -2.05. The van der Waals surface area contributed by atoms with Gasteiger partial charge in [0.2, 0.25) is 0 Å². The summed E-state index contributed by atoms with van der Waals surface area (Å²) < 4.78 is 32.0. The first-order chi connectivity index (χ1) is 9.46. The average Bonchev–Trinajstić information content (AvgIpc) is 2.38. The molecule has 1 rings (SSSR count). The van der Waals surface area contributed by atoms with Crippen molar-refractivity contribution in [2.24, 2.45) is 0 Å². The Labute approximate surface area is 123 Å². The molecule has 0 atom stereocenters. The Kier molecular flexibility index (Phi) is 7.24. The van der Waals surface area contributed by atoms with E-state index in [9.17, 15) is 13.0 Å². The molecule has 114 valence electrons. The molecule has 1 aromatic rings. The largest absolute Gasteiger partial charge is 0.294 e. The van der Waals surface area contributed by atoms with Crippen LogP contribution in [-0.4, -0.2) is 13.0 Å². The lowest BCUT2D eigenvalue weighted by atomic mass is 10.0. The molecule has 20 heavy (non-hydrogen) atoms. The van der Waals surface area contributed by atoms with Crippen molar-refractivity contribution in [1.29, 1.82) is 0 Å². The standard InChI is InChI=1S/C16H26O3S/c1-3-4-5-6-7-8-9-12-15-14(2)11-10-13-16(15)20(17,18)19/h10-11,13H,3-9,12H2,1-2H3,(H,17,18,19). The molecule has 1 aromatic carbocycles. The zero-order valence-corrected chi connectivity index (χ0v) is 13.4. The zero-order valence-electron chi connectivity index (χ0n) is 12.6. The first-order valence-corrected chi connectivity index (χ1v) is 8.96. The summed E-state index contributed by atoms with van der Waals surface area (Å²) in [6.45, 7) is 4.10. The Morgan fingerprint density at radius 3 is 2.20 bits per heavy atom. The van der Waals surface area contributed by atoms with Gasteiger partial charge in [-0.25, -0.2) is 0 Å². The fourth-order valence-corrected chi connectivity index (χ4v) is 3.32. The molecule has 4 heteroatoms. The summed E-state index contributed by atoms with van der Waals surface area (Å²) in [4.78, 5) is 0.0727. The third-order valence-electron chi connectivity index (χ3n) is 3.68. The van der Waals surface area contributed by atoms with Crippen LogP contribution in [0.25, 0.3) is 0 Å². The Bertz CT molecular complexity index is 506. The number of unbranched alkanes of at least 4 members (excludes halogenated alkanes) is 6. The zero-order chi connectivity index (χ0) is 15.0. The van der Waals surface area contributed by atoms with Gasteiger partial charge in [-0.2, -0.15) is 8.42 Å².